The van der Waals surface area contributed by atoms with Gasteiger partial charge in [-0.15, -0.1) is 0 Å². The monoisotopic (exact) mass is 218 g/mol. The van der Waals surface area contributed by atoms with E-state index in [1.165, 1.54) is 0 Å². The van der Waals surface area contributed by atoms with Crippen molar-refractivity contribution >= 4 is 11.6 Å². The third kappa shape index (κ3) is 1.69. The maximum absolute atomic E-state index is 8.90. The summed E-state index contributed by atoms with van der Waals surface area (Å²) in [5.74, 6) is 0. The lowest BCUT2D eigenvalue weighted by atomic mass is 10.2. The number of aromatic nitrogens is 3. The molecule has 0 fully saturated rings. The first-order valence-electron chi connectivity index (χ1n) is 4.28. The van der Waals surface area contributed by atoms with Gasteiger partial charge in [0.15, 0.2) is 0 Å². The second kappa shape index (κ2) is 3.71. The minimum atomic E-state index is 0.518. The summed E-state index contributed by atoms with van der Waals surface area (Å²) < 4.78 is 1.56. The molecule has 0 atom stereocenters. The molecule has 4 nitrogen and oxygen atoms in total. The lowest BCUT2D eigenvalue weighted by molar-refractivity contribution is 0.854. The molecule has 0 aromatic carbocycles. The topological polar surface area (TPSA) is 54.5 Å². The molecule has 74 valence electrons. The summed E-state index contributed by atoms with van der Waals surface area (Å²) in [6.45, 7) is 1.81. The molecular weight excluding hydrogens is 212 g/mol. The summed E-state index contributed by atoms with van der Waals surface area (Å²) in [4.78, 5) is 3.95. The Morgan fingerprint density at radius 2 is 2.33 bits per heavy atom. The van der Waals surface area contributed by atoms with E-state index in [1.807, 2.05) is 0 Å². The first kappa shape index (κ1) is 9.69. The van der Waals surface area contributed by atoms with Crippen molar-refractivity contribution in [2.75, 3.05) is 0 Å². The van der Waals surface area contributed by atoms with Crippen molar-refractivity contribution in [3.05, 3.63) is 40.9 Å². The highest BCUT2D eigenvalue weighted by Gasteiger charge is 2.07. The molecule has 0 radical (unpaired) electrons. The van der Waals surface area contributed by atoms with E-state index >= 15 is 0 Å². The van der Waals surface area contributed by atoms with E-state index in [4.69, 9.17) is 16.9 Å². The van der Waals surface area contributed by atoms with Gasteiger partial charge in [0.1, 0.15) is 11.8 Å². The van der Waals surface area contributed by atoms with Gasteiger partial charge in [-0.2, -0.15) is 10.4 Å². The summed E-state index contributed by atoms with van der Waals surface area (Å²) in [5.41, 5.74) is 1.88. The minimum Gasteiger partial charge on any atom is -0.262 e. The van der Waals surface area contributed by atoms with Crippen LogP contribution in [0.25, 0.3) is 5.69 Å². The summed E-state index contributed by atoms with van der Waals surface area (Å²) in [6, 6.07) is 3.72. The van der Waals surface area contributed by atoms with Crippen LogP contribution < -0.4 is 0 Å². The fourth-order valence-electron chi connectivity index (χ4n) is 1.23. The highest BCUT2D eigenvalue weighted by Crippen LogP contribution is 2.17. The molecule has 2 aromatic heterocycles. The van der Waals surface area contributed by atoms with Crippen LogP contribution in [0.1, 0.15) is 11.3 Å². The molecule has 0 saturated carbocycles. The Kier molecular flexibility index (Phi) is 2.40. The van der Waals surface area contributed by atoms with Gasteiger partial charge in [-0.25, -0.2) is 4.68 Å². The van der Waals surface area contributed by atoms with Crippen LogP contribution in [-0.4, -0.2) is 14.8 Å². The van der Waals surface area contributed by atoms with E-state index in [0.717, 1.165) is 5.69 Å². The van der Waals surface area contributed by atoms with Crippen LogP contribution in [0, 0.1) is 18.3 Å². The second-order valence-corrected chi connectivity index (χ2v) is 3.42. The second-order valence-electron chi connectivity index (χ2n) is 3.01. The largest absolute Gasteiger partial charge is 0.262 e. The molecule has 0 aliphatic rings. The molecule has 5 heteroatoms. The third-order valence-electron chi connectivity index (χ3n) is 2.01. The number of hydrogen-bond acceptors (Lipinski definition) is 3. The Hall–Kier alpha value is -1.86. The maximum Gasteiger partial charge on any atom is 0.102 e. The lowest BCUT2D eigenvalue weighted by Crippen LogP contribution is -1.98. The number of hydrogen-bond donors (Lipinski definition) is 0. The van der Waals surface area contributed by atoms with Gasteiger partial charge in [0.2, 0.25) is 0 Å². The van der Waals surface area contributed by atoms with Crippen molar-refractivity contribution in [1.82, 2.24) is 14.8 Å². The number of pyridine rings is 1. The van der Waals surface area contributed by atoms with Gasteiger partial charge in [-0.1, -0.05) is 11.6 Å². The van der Waals surface area contributed by atoms with Crippen molar-refractivity contribution < 1.29 is 0 Å². The fourth-order valence-corrected chi connectivity index (χ4v) is 1.36. The number of nitriles is 1. The fraction of sp³-hybridized carbons (Fsp3) is 0.100. The standard InChI is InChI=1S/C10H7ClN4/c1-7-9(11)6-15(14-7)10-5-13-3-2-8(10)4-12/h2-3,5-6H,1H3. The van der Waals surface area contributed by atoms with E-state index < -0.39 is 0 Å². The van der Waals surface area contributed by atoms with Crippen LogP contribution in [0.15, 0.2) is 24.7 Å². The van der Waals surface area contributed by atoms with Gasteiger partial charge in [0.25, 0.3) is 0 Å². The molecule has 0 N–H and O–H groups in total. The first-order chi connectivity index (χ1) is 7.22. The average Bonchev–Trinajstić information content (AvgIpc) is 2.59. The van der Waals surface area contributed by atoms with Crippen molar-refractivity contribution in [2.24, 2.45) is 0 Å². The molecule has 2 heterocycles. The maximum atomic E-state index is 8.90. The summed E-state index contributed by atoms with van der Waals surface area (Å²) >= 11 is 5.89. The van der Waals surface area contributed by atoms with Gasteiger partial charge in [-0.05, 0) is 13.0 Å². The van der Waals surface area contributed by atoms with Crippen molar-refractivity contribution in [3.8, 4) is 11.8 Å². The molecule has 15 heavy (non-hydrogen) atoms. The number of nitrogens with zero attached hydrogens (tertiary/aromatic N) is 4. The predicted molar refractivity (Wildman–Crippen MR) is 55.8 cm³/mol. The number of aryl methyl sites for hydroxylation is 1. The Balaban J connectivity index is 2.59. The van der Waals surface area contributed by atoms with Gasteiger partial charge in [0.05, 0.1) is 22.5 Å². The van der Waals surface area contributed by atoms with E-state index in [2.05, 4.69) is 16.2 Å². The van der Waals surface area contributed by atoms with Gasteiger partial charge in [0, 0.05) is 12.4 Å². The molecule has 2 aromatic rings. The zero-order chi connectivity index (χ0) is 10.8. The van der Waals surface area contributed by atoms with Crippen molar-refractivity contribution in [1.29, 1.82) is 5.26 Å². The van der Waals surface area contributed by atoms with Gasteiger partial charge < -0.3 is 0 Å². The van der Waals surface area contributed by atoms with Crippen LogP contribution in [-0.2, 0) is 0 Å². The molecule has 2 rings (SSSR count). The van der Waals surface area contributed by atoms with Crippen LogP contribution >= 0.6 is 11.6 Å². The lowest BCUT2D eigenvalue weighted by Gasteiger charge is -2.01. The predicted octanol–water partition coefficient (Wildman–Crippen LogP) is 2.10. The minimum absolute atomic E-state index is 0.518. The van der Waals surface area contributed by atoms with Gasteiger partial charge >= 0.3 is 0 Å². The Morgan fingerprint density at radius 1 is 1.53 bits per heavy atom. The molecule has 0 aliphatic carbocycles. The number of rotatable bonds is 1. The van der Waals surface area contributed by atoms with Crippen LogP contribution in [0.2, 0.25) is 5.02 Å². The molecule has 0 aliphatic heterocycles. The molecule has 0 bridgehead atoms. The summed E-state index contributed by atoms with van der Waals surface area (Å²) in [5, 5.41) is 13.7. The van der Waals surface area contributed by atoms with Crippen molar-refractivity contribution in [2.45, 2.75) is 6.92 Å². The van der Waals surface area contributed by atoms with Gasteiger partial charge in [-0.3, -0.25) is 4.98 Å². The van der Waals surface area contributed by atoms with E-state index in [-0.39, 0.29) is 0 Å². The smallest absolute Gasteiger partial charge is 0.102 e. The molecule has 0 spiro atoms. The zero-order valence-corrected chi connectivity index (χ0v) is 8.73. The van der Waals surface area contributed by atoms with Crippen LogP contribution in [0.3, 0.4) is 0 Å². The van der Waals surface area contributed by atoms with E-state index in [1.54, 1.807) is 36.3 Å². The number of halogens is 1. The van der Waals surface area contributed by atoms with Crippen molar-refractivity contribution in [3.63, 3.8) is 0 Å². The molecular formula is C10H7ClN4. The summed E-state index contributed by atoms with van der Waals surface area (Å²) in [6.07, 6.45) is 4.82. The molecule has 0 saturated heterocycles. The SMILES string of the molecule is Cc1nn(-c2cnccc2C#N)cc1Cl. The Labute approximate surface area is 91.7 Å². The zero-order valence-electron chi connectivity index (χ0n) is 7.98. The molecule has 0 amide bonds. The highest BCUT2D eigenvalue weighted by atomic mass is 35.5. The van der Waals surface area contributed by atoms with Crippen LogP contribution in [0.5, 0.6) is 0 Å². The van der Waals surface area contributed by atoms with E-state index in [0.29, 0.717) is 16.3 Å². The van der Waals surface area contributed by atoms with E-state index in [9.17, 15) is 0 Å². The Bertz CT molecular complexity index is 519. The molecule has 0 unspecified atom stereocenters. The quantitative estimate of drug-likeness (QED) is 0.737. The third-order valence-corrected chi connectivity index (χ3v) is 2.38. The highest BCUT2D eigenvalue weighted by molar-refractivity contribution is 6.31. The normalized spacial score (nSPS) is 9.93. The summed E-state index contributed by atoms with van der Waals surface area (Å²) in [7, 11) is 0. The van der Waals surface area contributed by atoms with Crippen LogP contribution in [0.4, 0.5) is 0 Å². The Morgan fingerprint density at radius 3 is 2.93 bits per heavy atom. The first-order valence-corrected chi connectivity index (χ1v) is 4.66. The average molecular weight is 219 g/mol.